The first-order valence-corrected chi connectivity index (χ1v) is 11.5. The molecule has 0 bridgehead atoms. The van der Waals surface area contributed by atoms with Gasteiger partial charge in [0.15, 0.2) is 5.84 Å². The molecule has 1 amide bonds. The summed E-state index contributed by atoms with van der Waals surface area (Å²) in [6.45, 7) is 2.79. The van der Waals surface area contributed by atoms with Crippen LogP contribution >= 0.6 is 0 Å². The summed E-state index contributed by atoms with van der Waals surface area (Å²) in [6.07, 6.45) is 0.827. The number of nitrogens with zero attached hydrogens (tertiary/aromatic N) is 5. The molecule has 4 rings (SSSR count). The number of anilines is 1. The molecule has 0 atom stereocenters. The second-order valence-corrected chi connectivity index (χ2v) is 9.19. The first-order valence-electron chi connectivity index (χ1n) is 10.1. The van der Waals surface area contributed by atoms with Gasteiger partial charge in [-0.15, -0.1) is 4.40 Å². The minimum absolute atomic E-state index is 0.0551. The number of likely N-dealkylation sites (N-methyl/N-ethyl adjacent to an activating group) is 1. The van der Waals surface area contributed by atoms with Crippen molar-refractivity contribution in [1.82, 2.24) is 9.80 Å². The summed E-state index contributed by atoms with van der Waals surface area (Å²) in [4.78, 5) is 18.8. The van der Waals surface area contributed by atoms with E-state index >= 15 is 0 Å². The molecular formula is C22H23N5O3S. The molecule has 0 unspecified atom stereocenters. The second kappa shape index (κ2) is 8.40. The zero-order valence-corrected chi connectivity index (χ0v) is 18.0. The van der Waals surface area contributed by atoms with E-state index in [1.807, 2.05) is 17.0 Å². The van der Waals surface area contributed by atoms with Crippen molar-refractivity contribution in [3.05, 3.63) is 59.7 Å². The number of amides is 1. The lowest BCUT2D eigenvalue weighted by Crippen LogP contribution is -2.42. The van der Waals surface area contributed by atoms with E-state index in [0.29, 0.717) is 36.6 Å². The summed E-state index contributed by atoms with van der Waals surface area (Å²) in [7, 11) is -2.02. The van der Waals surface area contributed by atoms with Crippen molar-refractivity contribution in [2.75, 3.05) is 44.7 Å². The quantitative estimate of drug-likeness (QED) is 0.725. The van der Waals surface area contributed by atoms with Crippen LogP contribution in [-0.4, -0.2) is 69.7 Å². The summed E-state index contributed by atoms with van der Waals surface area (Å²) in [5.41, 5.74) is 2.19. The molecule has 0 saturated carbocycles. The highest BCUT2D eigenvalue weighted by atomic mass is 32.2. The van der Waals surface area contributed by atoms with Crippen LogP contribution in [0.3, 0.4) is 0 Å². The van der Waals surface area contributed by atoms with Gasteiger partial charge < -0.3 is 14.7 Å². The number of benzene rings is 2. The Morgan fingerprint density at radius 3 is 2.58 bits per heavy atom. The van der Waals surface area contributed by atoms with Crippen molar-refractivity contribution in [2.45, 2.75) is 11.3 Å². The number of hydrogen-bond acceptors (Lipinski definition) is 6. The summed E-state index contributed by atoms with van der Waals surface area (Å²) < 4.78 is 28.4. The van der Waals surface area contributed by atoms with Crippen LogP contribution in [0.4, 0.5) is 5.69 Å². The van der Waals surface area contributed by atoms with Gasteiger partial charge in [-0.05, 0) is 42.8 Å². The van der Waals surface area contributed by atoms with Gasteiger partial charge in [0.25, 0.3) is 10.0 Å². The van der Waals surface area contributed by atoms with E-state index in [1.54, 1.807) is 42.3 Å². The maximum Gasteiger partial charge on any atom is 0.285 e. The van der Waals surface area contributed by atoms with E-state index in [2.05, 4.69) is 15.4 Å². The van der Waals surface area contributed by atoms with Crippen LogP contribution in [0.15, 0.2) is 57.8 Å². The summed E-state index contributed by atoms with van der Waals surface area (Å²) in [6, 6.07) is 16.2. The third-order valence-electron chi connectivity index (χ3n) is 5.56. The SMILES string of the molecule is CN(CC(=O)N1CCCN(c2ccc(C#N)cc2)CC1)C1=NS(=O)(=O)c2ccccc21. The van der Waals surface area contributed by atoms with Crippen molar-refractivity contribution < 1.29 is 13.2 Å². The van der Waals surface area contributed by atoms with E-state index in [4.69, 9.17) is 5.26 Å². The molecule has 1 fully saturated rings. The fourth-order valence-electron chi connectivity index (χ4n) is 3.91. The average Bonchev–Trinajstić information content (AvgIpc) is 2.92. The van der Waals surface area contributed by atoms with Crippen LogP contribution in [0.2, 0.25) is 0 Å². The molecule has 0 aliphatic carbocycles. The van der Waals surface area contributed by atoms with Crippen LogP contribution in [0.25, 0.3) is 0 Å². The molecule has 2 heterocycles. The molecular weight excluding hydrogens is 414 g/mol. The highest BCUT2D eigenvalue weighted by Crippen LogP contribution is 2.27. The number of fused-ring (bicyclic) bond motifs is 1. The highest BCUT2D eigenvalue weighted by Gasteiger charge is 2.31. The largest absolute Gasteiger partial charge is 0.370 e. The predicted octanol–water partition coefficient (Wildman–Crippen LogP) is 1.68. The van der Waals surface area contributed by atoms with Gasteiger partial charge in [0.1, 0.15) is 4.90 Å². The molecule has 160 valence electrons. The molecule has 1 saturated heterocycles. The first kappa shape index (κ1) is 20.9. The van der Waals surface area contributed by atoms with E-state index in [0.717, 1.165) is 18.7 Å². The van der Waals surface area contributed by atoms with Gasteiger partial charge in [-0.2, -0.15) is 13.7 Å². The fraction of sp³-hybridized carbons (Fsp3) is 0.318. The lowest BCUT2D eigenvalue weighted by atomic mass is 10.2. The van der Waals surface area contributed by atoms with Crippen LogP contribution in [-0.2, 0) is 14.8 Å². The van der Waals surface area contributed by atoms with Crippen LogP contribution < -0.4 is 4.90 Å². The van der Waals surface area contributed by atoms with Gasteiger partial charge >= 0.3 is 0 Å². The first-order chi connectivity index (χ1) is 14.9. The molecule has 0 radical (unpaired) electrons. The van der Waals surface area contributed by atoms with Crippen molar-refractivity contribution in [3.63, 3.8) is 0 Å². The molecule has 2 aromatic carbocycles. The normalized spacial score (nSPS) is 17.4. The lowest BCUT2D eigenvalue weighted by Gasteiger charge is -2.26. The molecule has 2 aliphatic rings. The monoisotopic (exact) mass is 437 g/mol. The summed E-state index contributed by atoms with van der Waals surface area (Å²) in [5, 5.41) is 8.96. The number of rotatable bonds is 3. The Kier molecular flexibility index (Phi) is 5.65. The van der Waals surface area contributed by atoms with Crippen LogP contribution in [0, 0.1) is 11.3 Å². The predicted molar refractivity (Wildman–Crippen MR) is 117 cm³/mol. The number of nitriles is 1. The molecule has 2 aliphatic heterocycles. The Morgan fingerprint density at radius 2 is 1.84 bits per heavy atom. The maximum absolute atomic E-state index is 12.9. The van der Waals surface area contributed by atoms with E-state index in [-0.39, 0.29) is 17.3 Å². The van der Waals surface area contributed by atoms with Gasteiger partial charge in [0.2, 0.25) is 5.91 Å². The maximum atomic E-state index is 12.9. The number of sulfonamides is 1. The van der Waals surface area contributed by atoms with Crippen molar-refractivity contribution in [3.8, 4) is 6.07 Å². The van der Waals surface area contributed by atoms with E-state index in [9.17, 15) is 13.2 Å². The zero-order valence-electron chi connectivity index (χ0n) is 17.2. The minimum atomic E-state index is -3.71. The van der Waals surface area contributed by atoms with Crippen molar-refractivity contribution in [2.24, 2.45) is 4.40 Å². The van der Waals surface area contributed by atoms with Gasteiger partial charge in [0.05, 0.1) is 18.2 Å². The Balaban J connectivity index is 1.41. The fourth-order valence-corrected chi connectivity index (χ4v) is 5.16. The summed E-state index contributed by atoms with van der Waals surface area (Å²) >= 11 is 0. The van der Waals surface area contributed by atoms with Crippen molar-refractivity contribution >= 4 is 27.5 Å². The molecule has 0 N–H and O–H groups in total. The van der Waals surface area contributed by atoms with Crippen LogP contribution in [0.1, 0.15) is 17.5 Å². The van der Waals surface area contributed by atoms with Gasteiger partial charge in [-0.1, -0.05) is 12.1 Å². The molecule has 0 spiro atoms. The van der Waals surface area contributed by atoms with Crippen LogP contribution in [0.5, 0.6) is 0 Å². The molecule has 2 aromatic rings. The van der Waals surface area contributed by atoms with Gasteiger partial charge in [-0.25, -0.2) is 0 Å². The number of amidine groups is 1. The lowest BCUT2D eigenvalue weighted by molar-refractivity contribution is -0.131. The number of carbonyl (C=O) groups excluding carboxylic acids is 1. The van der Waals surface area contributed by atoms with E-state index in [1.165, 1.54) is 6.07 Å². The Morgan fingerprint density at radius 1 is 1.10 bits per heavy atom. The zero-order chi connectivity index (χ0) is 22.0. The minimum Gasteiger partial charge on any atom is -0.370 e. The number of hydrogen-bond donors (Lipinski definition) is 0. The Bertz CT molecular complexity index is 1170. The third kappa shape index (κ3) is 4.25. The molecule has 31 heavy (non-hydrogen) atoms. The van der Waals surface area contributed by atoms with Crippen molar-refractivity contribution in [1.29, 1.82) is 5.26 Å². The second-order valence-electron chi connectivity index (χ2n) is 7.62. The van der Waals surface area contributed by atoms with Gasteiger partial charge in [-0.3, -0.25) is 4.79 Å². The van der Waals surface area contributed by atoms with E-state index < -0.39 is 10.0 Å². The summed E-state index contributed by atoms with van der Waals surface area (Å²) in [5.74, 6) is 0.242. The molecule has 0 aromatic heterocycles. The highest BCUT2D eigenvalue weighted by molar-refractivity contribution is 7.90. The topological polar surface area (TPSA) is 97.1 Å². The number of carbonyl (C=O) groups is 1. The Labute approximate surface area is 182 Å². The average molecular weight is 438 g/mol. The van der Waals surface area contributed by atoms with Gasteiger partial charge in [0, 0.05) is 44.5 Å². The smallest absolute Gasteiger partial charge is 0.285 e. The standard InChI is InChI=1S/C22H23N5O3S/c1-25(22-19-5-2-3-6-20(19)31(29,30)24-22)16-21(28)27-12-4-11-26(13-14-27)18-9-7-17(15-23)8-10-18/h2-3,5-10H,4,11-14,16H2,1H3. The molecule has 9 heteroatoms. The molecule has 8 nitrogen and oxygen atoms in total. The Hall–Kier alpha value is -3.38. The third-order valence-corrected chi connectivity index (χ3v) is 6.88.